The molecule has 0 aliphatic carbocycles. The summed E-state index contributed by atoms with van der Waals surface area (Å²) < 4.78 is 0. The quantitative estimate of drug-likeness (QED) is 0.509. The van der Waals surface area contributed by atoms with Gasteiger partial charge in [0.15, 0.2) is 0 Å². The van der Waals surface area contributed by atoms with Gasteiger partial charge in [0.25, 0.3) is 0 Å². The van der Waals surface area contributed by atoms with E-state index in [0.717, 1.165) is 16.4 Å². The number of thiophene rings is 1. The molecule has 0 amide bonds. The summed E-state index contributed by atoms with van der Waals surface area (Å²) >= 11 is 1.43. The van der Waals surface area contributed by atoms with Crippen LogP contribution in [0.3, 0.4) is 0 Å². The van der Waals surface area contributed by atoms with Crippen LogP contribution in [0.5, 0.6) is 0 Å². The normalized spacial score (nSPS) is 10.9. The van der Waals surface area contributed by atoms with E-state index in [2.05, 4.69) is 4.90 Å². The van der Waals surface area contributed by atoms with E-state index >= 15 is 0 Å². The van der Waals surface area contributed by atoms with Crippen molar-refractivity contribution >= 4 is 39.8 Å². The third-order valence-corrected chi connectivity index (χ3v) is 4.52. The van der Waals surface area contributed by atoms with Crippen LogP contribution < -0.4 is 4.90 Å². The predicted molar refractivity (Wildman–Crippen MR) is 100 cm³/mol. The van der Waals surface area contributed by atoms with Crippen LogP contribution >= 0.6 is 11.3 Å². The highest BCUT2D eigenvalue weighted by Crippen LogP contribution is 2.38. The molecule has 5 heteroatoms. The maximum atomic E-state index is 11.0. The lowest BCUT2D eigenvalue weighted by atomic mass is 10.2. The fourth-order valence-corrected chi connectivity index (χ4v) is 3.37. The molecule has 4 nitrogen and oxygen atoms in total. The maximum Gasteiger partial charge on any atom is 0.346 e. The third-order valence-electron chi connectivity index (χ3n) is 3.50. The van der Waals surface area contributed by atoms with Crippen molar-refractivity contribution in [3.8, 4) is 6.07 Å². The van der Waals surface area contributed by atoms with Crippen LogP contribution in [0.2, 0.25) is 0 Å². The number of hydrogen-bond donors (Lipinski definition) is 1. The van der Waals surface area contributed by atoms with Crippen LogP contribution in [0.4, 0.5) is 16.4 Å². The van der Waals surface area contributed by atoms with Gasteiger partial charge >= 0.3 is 5.97 Å². The van der Waals surface area contributed by atoms with E-state index in [9.17, 15) is 4.79 Å². The second kappa shape index (κ2) is 7.47. The van der Waals surface area contributed by atoms with Crippen molar-refractivity contribution < 1.29 is 9.90 Å². The lowest BCUT2D eigenvalue weighted by Crippen LogP contribution is -2.07. The predicted octanol–water partition coefficient (Wildman–Crippen LogP) is 5.21. The van der Waals surface area contributed by atoms with Gasteiger partial charge in [0, 0.05) is 16.3 Å². The molecule has 0 atom stereocenters. The average Bonchev–Trinajstić information content (AvgIpc) is 3.09. The molecule has 0 saturated heterocycles. The van der Waals surface area contributed by atoms with Gasteiger partial charge in [0.05, 0.1) is 0 Å². The fraction of sp³-hybridized carbons (Fsp3) is 0. The van der Waals surface area contributed by atoms with Crippen molar-refractivity contribution in [2.75, 3.05) is 4.90 Å². The van der Waals surface area contributed by atoms with Crippen molar-refractivity contribution in [3.05, 3.63) is 83.2 Å². The van der Waals surface area contributed by atoms with Crippen molar-refractivity contribution in [2.45, 2.75) is 0 Å². The summed E-state index contributed by atoms with van der Waals surface area (Å²) in [5.74, 6) is -1.22. The van der Waals surface area contributed by atoms with Gasteiger partial charge in [-0.1, -0.05) is 36.4 Å². The molecule has 1 N–H and O–H groups in total. The highest BCUT2D eigenvalue weighted by Gasteiger charge is 2.14. The molecule has 0 unspecified atom stereocenters. The highest BCUT2D eigenvalue weighted by atomic mass is 32.1. The van der Waals surface area contributed by atoms with Crippen LogP contribution in [0.1, 0.15) is 4.88 Å². The van der Waals surface area contributed by atoms with E-state index in [1.54, 1.807) is 6.07 Å². The minimum atomic E-state index is -1.22. The number of carbonyl (C=O) groups is 1. The SMILES string of the molecule is N#C/C(=C\c1ccc(N(c2ccccc2)c2ccccc2)s1)C(=O)O. The summed E-state index contributed by atoms with van der Waals surface area (Å²) in [6.07, 6.45) is 1.39. The molecule has 0 spiro atoms. The Morgan fingerprint density at radius 3 is 2.00 bits per heavy atom. The summed E-state index contributed by atoms with van der Waals surface area (Å²) in [5.41, 5.74) is 1.73. The number of hydrogen-bond acceptors (Lipinski definition) is 4. The van der Waals surface area contributed by atoms with Gasteiger partial charge < -0.3 is 10.0 Å². The van der Waals surface area contributed by atoms with Crippen molar-refractivity contribution in [1.29, 1.82) is 5.26 Å². The largest absolute Gasteiger partial charge is 0.477 e. The Bertz CT molecular complexity index is 901. The first-order valence-corrected chi connectivity index (χ1v) is 8.36. The van der Waals surface area contributed by atoms with Gasteiger partial charge in [-0.2, -0.15) is 5.26 Å². The molecule has 0 bridgehead atoms. The van der Waals surface area contributed by atoms with Gasteiger partial charge in [-0.05, 0) is 42.5 Å². The smallest absolute Gasteiger partial charge is 0.346 e. The van der Waals surface area contributed by atoms with E-state index < -0.39 is 5.97 Å². The van der Waals surface area contributed by atoms with Crippen molar-refractivity contribution in [2.24, 2.45) is 0 Å². The monoisotopic (exact) mass is 346 g/mol. The topological polar surface area (TPSA) is 64.3 Å². The van der Waals surface area contributed by atoms with E-state index in [1.165, 1.54) is 17.4 Å². The maximum absolute atomic E-state index is 11.0. The number of anilines is 3. The molecule has 2 aromatic carbocycles. The standard InChI is InChI=1S/C20H14N2O2S/c21-14-15(20(23)24)13-18-11-12-19(25-18)22(16-7-3-1-4-8-16)17-9-5-2-6-10-17/h1-13H,(H,23,24)/b15-13+. The van der Waals surface area contributed by atoms with Gasteiger partial charge in [0.1, 0.15) is 16.6 Å². The van der Waals surface area contributed by atoms with Gasteiger partial charge in [-0.3, -0.25) is 0 Å². The molecular weight excluding hydrogens is 332 g/mol. The first-order chi connectivity index (χ1) is 12.2. The molecule has 0 saturated carbocycles. The molecule has 0 aliphatic rings. The molecule has 0 aliphatic heterocycles. The Morgan fingerprint density at radius 1 is 0.960 bits per heavy atom. The van der Waals surface area contributed by atoms with Crippen LogP contribution in [0.25, 0.3) is 6.08 Å². The number of para-hydroxylation sites is 2. The number of aliphatic carboxylic acids is 1. The molecule has 1 heterocycles. The lowest BCUT2D eigenvalue weighted by molar-refractivity contribution is -0.132. The summed E-state index contributed by atoms with van der Waals surface area (Å²) in [6.45, 7) is 0. The van der Waals surface area contributed by atoms with Crippen molar-refractivity contribution in [1.82, 2.24) is 0 Å². The molecule has 3 aromatic rings. The number of rotatable bonds is 5. The van der Waals surface area contributed by atoms with Crippen LogP contribution in [0, 0.1) is 11.3 Å². The van der Waals surface area contributed by atoms with Crippen LogP contribution in [-0.4, -0.2) is 11.1 Å². The van der Waals surface area contributed by atoms with Gasteiger partial charge in [-0.25, -0.2) is 4.79 Å². The molecule has 1 aromatic heterocycles. The Labute approximate surface area is 149 Å². The number of benzene rings is 2. The summed E-state index contributed by atoms with van der Waals surface area (Å²) in [4.78, 5) is 13.8. The molecule has 0 radical (unpaired) electrons. The second-order valence-electron chi connectivity index (χ2n) is 5.16. The molecular formula is C20H14N2O2S. The molecule has 3 rings (SSSR count). The number of carboxylic acid groups (broad SMARTS) is 1. The summed E-state index contributed by atoms with van der Waals surface area (Å²) in [6, 6.07) is 25.3. The average molecular weight is 346 g/mol. The second-order valence-corrected chi connectivity index (χ2v) is 6.25. The Hall–Kier alpha value is -3.36. The third kappa shape index (κ3) is 3.77. The number of nitriles is 1. The Kier molecular flexibility index (Phi) is 4.93. The van der Waals surface area contributed by atoms with Crippen LogP contribution in [0.15, 0.2) is 78.4 Å². The number of nitrogens with zero attached hydrogens (tertiary/aromatic N) is 2. The van der Waals surface area contributed by atoms with E-state index in [1.807, 2.05) is 72.8 Å². The zero-order chi connectivity index (χ0) is 17.6. The fourth-order valence-electron chi connectivity index (χ4n) is 2.38. The Balaban J connectivity index is 2.04. The Morgan fingerprint density at radius 2 is 1.52 bits per heavy atom. The molecule has 25 heavy (non-hydrogen) atoms. The van der Waals surface area contributed by atoms with E-state index in [4.69, 9.17) is 10.4 Å². The van der Waals surface area contributed by atoms with Gasteiger partial charge in [0.2, 0.25) is 0 Å². The first-order valence-electron chi connectivity index (χ1n) is 7.54. The highest BCUT2D eigenvalue weighted by molar-refractivity contribution is 7.17. The molecule has 122 valence electrons. The first kappa shape index (κ1) is 16.5. The minimum absolute atomic E-state index is 0.278. The zero-order valence-corrected chi connectivity index (χ0v) is 14.0. The van der Waals surface area contributed by atoms with Gasteiger partial charge in [-0.15, -0.1) is 11.3 Å². The zero-order valence-electron chi connectivity index (χ0n) is 13.2. The van der Waals surface area contributed by atoms with Crippen molar-refractivity contribution in [3.63, 3.8) is 0 Å². The van der Waals surface area contributed by atoms with E-state index in [-0.39, 0.29) is 5.57 Å². The summed E-state index contributed by atoms with van der Waals surface area (Å²) in [5, 5.41) is 18.9. The van der Waals surface area contributed by atoms with Crippen LogP contribution in [-0.2, 0) is 4.79 Å². The molecule has 0 fully saturated rings. The minimum Gasteiger partial charge on any atom is -0.477 e. The number of carboxylic acids is 1. The lowest BCUT2D eigenvalue weighted by Gasteiger charge is -2.23. The van der Waals surface area contributed by atoms with E-state index in [0.29, 0.717) is 4.88 Å². The summed E-state index contributed by atoms with van der Waals surface area (Å²) in [7, 11) is 0.